The molecule has 3 aromatic heterocycles. The highest BCUT2D eigenvalue weighted by Crippen LogP contribution is 2.35. The molecule has 1 fully saturated rings. The van der Waals surface area contributed by atoms with Gasteiger partial charge in [0, 0.05) is 42.2 Å². The van der Waals surface area contributed by atoms with Crippen LogP contribution < -0.4 is 16.0 Å². The van der Waals surface area contributed by atoms with Crippen molar-refractivity contribution in [2.24, 2.45) is 11.7 Å². The lowest BCUT2D eigenvalue weighted by Crippen LogP contribution is -2.39. The average molecular weight is 445 g/mol. The van der Waals surface area contributed by atoms with Gasteiger partial charge in [0.15, 0.2) is 0 Å². The molecule has 3 N–H and O–H groups in total. The number of thiophene rings is 1. The molecule has 5 rings (SSSR count). The third-order valence-corrected chi connectivity index (χ3v) is 6.99. The lowest BCUT2D eigenvalue weighted by molar-refractivity contribution is -0.122. The number of pyridine rings is 1. The zero-order valence-corrected chi connectivity index (χ0v) is 18.4. The Labute approximate surface area is 190 Å². The predicted octanol–water partition coefficient (Wildman–Crippen LogP) is 4.07. The van der Waals surface area contributed by atoms with E-state index in [4.69, 9.17) is 5.73 Å². The van der Waals surface area contributed by atoms with E-state index in [-0.39, 0.29) is 11.8 Å². The molecule has 0 spiro atoms. The van der Waals surface area contributed by atoms with Gasteiger partial charge < -0.3 is 16.0 Å². The molecule has 162 valence electrons. The SMILES string of the molecule is NC(=O)C1CCN(c2ncccc2CNc2ncnc3sc(-c4ccccc4)cc23)CC1. The van der Waals surface area contributed by atoms with Gasteiger partial charge in [-0.15, -0.1) is 11.3 Å². The third kappa shape index (κ3) is 4.13. The molecule has 4 heterocycles. The minimum absolute atomic E-state index is 0.0387. The van der Waals surface area contributed by atoms with E-state index in [1.165, 1.54) is 10.4 Å². The number of hydrogen-bond donors (Lipinski definition) is 2. The number of primary amides is 1. The molecule has 0 bridgehead atoms. The van der Waals surface area contributed by atoms with Gasteiger partial charge in [-0.25, -0.2) is 15.0 Å². The van der Waals surface area contributed by atoms with Crippen LogP contribution in [0.3, 0.4) is 0 Å². The van der Waals surface area contributed by atoms with E-state index >= 15 is 0 Å². The second-order valence-corrected chi connectivity index (χ2v) is 8.95. The number of amides is 1. The molecule has 1 aromatic carbocycles. The molecule has 1 amide bonds. The highest BCUT2D eigenvalue weighted by molar-refractivity contribution is 7.21. The summed E-state index contributed by atoms with van der Waals surface area (Å²) in [5, 5.41) is 4.51. The Kier molecular flexibility index (Phi) is 5.68. The third-order valence-electron chi connectivity index (χ3n) is 5.90. The topological polar surface area (TPSA) is 97.0 Å². The van der Waals surface area contributed by atoms with E-state index in [1.807, 2.05) is 30.5 Å². The molecule has 8 heteroatoms. The summed E-state index contributed by atoms with van der Waals surface area (Å²) in [6.45, 7) is 2.15. The van der Waals surface area contributed by atoms with Crippen LogP contribution >= 0.6 is 11.3 Å². The fourth-order valence-corrected chi connectivity index (χ4v) is 5.15. The van der Waals surface area contributed by atoms with Crippen molar-refractivity contribution in [1.82, 2.24) is 15.0 Å². The van der Waals surface area contributed by atoms with Crippen LogP contribution in [0.4, 0.5) is 11.6 Å². The fourth-order valence-electron chi connectivity index (χ4n) is 4.15. The van der Waals surface area contributed by atoms with Gasteiger partial charge in [0.2, 0.25) is 5.91 Å². The maximum Gasteiger partial charge on any atom is 0.220 e. The number of anilines is 2. The number of carbonyl (C=O) groups excluding carboxylic acids is 1. The Morgan fingerprint density at radius 3 is 2.69 bits per heavy atom. The van der Waals surface area contributed by atoms with Gasteiger partial charge in [-0.3, -0.25) is 4.79 Å². The summed E-state index contributed by atoms with van der Waals surface area (Å²) in [6.07, 6.45) is 4.95. The van der Waals surface area contributed by atoms with Crippen LogP contribution in [-0.4, -0.2) is 33.9 Å². The number of nitrogens with two attached hydrogens (primary N) is 1. The van der Waals surface area contributed by atoms with E-state index in [0.717, 1.165) is 53.3 Å². The smallest absolute Gasteiger partial charge is 0.220 e. The molecule has 0 aliphatic carbocycles. The summed E-state index contributed by atoms with van der Waals surface area (Å²) in [4.78, 5) is 29.5. The van der Waals surface area contributed by atoms with E-state index in [2.05, 4.69) is 49.4 Å². The van der Waals surface area contributed by atoms with Crippen molar-refractivity contribution in [3.63, 3.8) is 0 Å². The van der Waals surface area contributed by atoms with Gasteiger partial charge >= 0.3 is 0 Å². The molecule has 0 unspecified atom stereocenters. The number of nitrogens with zero attached hydrogens (tertiary/aromatic N) is 4. The first-order valence-electron chi connectivity index (χ1n) is 10.7. The summed E-state index contributed by atoms with van der Waals surface area (Å²) in [7, 11) is 0. The molecule has 32 heavy (non-hydrogen) atoms. The Balaban J connectivity index is 1.35. The first-order valence-corrected chi connectivity index (χ1v) is 11.5. The second kappa shape index (κ2) is 8.92. The van der Waals surface area contributed by atoms with Gasteiger partial charge in [-0.2, -0.15) is 0 Å². The number of rotatable bonds is 6. The average Bonchev–Trinajstić information content (AvgIpc) is 3.29. The van der Waals surface area contributed by atoms with E-state index < -0.39 is 0 Å². The van der Waals surface area contributed by atoms with Gasteiger partial charge in [0.05, 0.1) is 5.39 Å². The van der Waals surface area contributed by atoms with E-state index in [1.54, 1.807) is 17.7 Å². The van der Waals surface area contributed by atoms with Crippen molar-refractivity contribution in [1.29, 1.82) is 0 Å². The molecule has 1 aliphatic heterocycles. The minimum Gasteiger partial charge on any atom is -0.369 e. The molecule has 0 radical (unpaired) electrons. The Morgan fingerprint density at radius 1 is 1.09 bits per heavy atom. The summed E-state index contributed by atoms with van der Waals surface area (Å²) in [5.41, 5.74) is 7.75. The Bertz CT molecular complexity index is 1230. The van der Waals surface area contributed by atoms with Crippen LogP contribution in [0.5, 0.6) is 0 Å². The van der Waals surface area contributed by atoms with Crippen LogP contribution in [-0.2, 0) is 11.3 Å². The fraction of sp³-hybridized carbons (Fsp3) is 0.250. The molecular formula is C24H24N6OS. The first kappa shape index (κ1) is 20.4. The van der Waals surface area contributed by atoms with Crippen molar-refractivity contribution in [3.05, 3.63) is 66.6 Å². The number of carbonyl (C=O) groups is 1. The number of piperidine rings is 1. The highest BCUT2D eigenvalue weighted by Gasteiger charge is 2.25. The number of fused-ring (bicyclic) bond motifs is 1. The normalized spacial score (nSPS) is 14.6. The lowest BCUT2D eigenvalue weighted by Gasteiger charge is -2.32. The number of aromatic nitrogens is 3. The molecule has 0 atom stereocenters. The Hall–Kier alpha value is -3.52. The standard InChI is InChI=1S/C24H24N6OS/c25-21(31)17-8-11-30(12-9-17)23-18(7-4-10-26-23)14-27-22-19-13-20(16-5-2-1-3-6-16)32-24(19)29-15-28-22/h1-7,10,13,15,17H,8-9,11-12,14H2,(H2,25,31)(H,27,28,29). The van der Waals surface area contributed by atoms with Crippen LogP contribution in [0.2, 0.25) is 0 Å². The van der Waals surface area contributed by atoms with Crippen molar-refractivity contribution in [2.75, 3.05) is 23.3 Å². The largest absolute Gasteiger partial charge is 0.369 e. The van der Waals surface area contributed by atoms with Crippen molar-refractivity contribution in [3.8, 4) is 10.4 Å². The summed E-state index contributed by atoms with van der Waals surface area (Å²) < 4.78 is 0. The van der Waals surface area contributed by atoms with Gasteiger partial charge in [-0.1, -0.05) is 36.4 Å². The molecule has 1 saturated heterocycles. The number of hydrogen-bond acceptors (Lipinski definition) is 7. The summed E-state index contributed by atoms with van der Waals surface area (Å²) in [5.74, 6) is 1.52. The monoisotopic (exact) mass is 444 g/mol. The highest BCUT2D eigenvalue weighted by atomic mass is 32.1. The molecular weight excluding hydrogens is 420 g/mol. The van der Waals surface area contributed by atoms with Gasteiger partial charge in [0.1, 0.15) is 22.8 Å². The molecule has 7 nitrogen and oxygen atoms in total. The maximum absolute atomic E-state index is 11.5. The lowest BCUT2D eigenvalue weighted by atomic mass is 9.96. The summed E-state index contributed by atoms with van der Waals surface area (Å²) >= 11 is 1.67. The molecule has 0 saturated carbocycles. The van der Waals surface area contributed by atoms with Crippen LogP contribution in [0.15, 0.2) is 61.1 Å². The van der Waals surface area contributed by atoms with Crippen molar-refractivity contribution in [2.45, 2.75) is 19.4 Å². The molecule has 1 aliphatic rings. The Morgan fingerprint density at radius 2 is 1.91 bits per heavy atom. The van der Waals surface area contributed by atoms with Crippen LogP contribution in [0.1, 0.15) is 18.4 Å². The second-order valence-electron chi connectivity index (χ2n) is 7.92. The minimum atomic E-state index is -0.203. The first-order chi connectivity index (χ1) is 15.7. The van der Waals surface area contributed by atoms with Gasteiger partial charge in [-0.05, 0) is 30.5 Å². The number of benzene rings is 1. The number of nitrogens with one attached hydrogen (secondary N) is 1. The van der Waals surface area contributed by atoms with Crippen LogP contribution in [0.25, 0.3) is 20.7 Å². The maximum atomic E-state index is 11.5. The van der Waals surface area contributed by atoms with Crippen molar-refractivity contribution < 1.29 is 4.79 Å². The zero-order chi connectivity index (χ0) is 21.9. The molecule has 4 aromatic rings. The van der Waals surface area contributed by atoms with E-state index in [9.17, 15) is 4.79 Å². The quantitative estimate of drug-likeness (QED) is 0.465. The van der Waals surface area contributed by atoms with Gasteiger partial charge in [0.25, 0.3) is 0 Å². The predicted molar refractivity (Wildman–Crippen MR) is 129 cm³/mol. The zero-order valence-electron chi connectivity index (χ0n) is 17.6. The van der Waals surface area contributed by atoms with E-state index in [0.29, 0.717) is 6.54 Å². The van der Waals surface area contributed by atoms with Crippen LogP contribution in [0, 0.1) is 5.92 Å². The summed E-state index contributed by atoms with van der Waals surface area (Å²) in [6, 6.07) is 16.5. The van der Waals surface area contributed by atoms with Crippen molar-refractivity contribution >= 4 is 39.1 Å².